The quantitative estimate of drug-likeness (QED) is 0.325. The van der Waals surface area contributed by atoms with E-state index in [4.69, 9.17) is 0 Å². The maximum Gasteiger partial charge on any atom is 0.296 e. The molecule has 13 heavy (non-hydrogen) atoms. The van der Waals surface area contributed by atoms with Crippen LogP contribution < -0.4 is 5.32 Å². The first-order chi connectivity index (χ1) is 6.06. The Bertz CT molecular complexity index is 169. The fourth-order valence-corrected chi connectivity index (χ4v) is 0.548. The van der Waals surface area contributed by atoms with Crippen LogP contribution in [0.2, 0.25) is 0 Å². The molecule has 0 radical (unpaired) electrons. The van der Waals surface area contributed by atoms with Crippen molar-refractivity contribution in [1.29, 1.82) is 0 Å². The van der Waals surface area contributed by atoms with Crippen LogP contribution in [-0.2, 0) is 9.68 Å². The standard InChI is InChI=1S/C4H9N3O6/c1-2-5-3-4(12-6(8)9)13-7(10)11/h4-5H,2-3H2,1H3. The van der Waals surface area contributed by atoms with E-state index in [-0.39, 0.29) is 6.54 Å². The Kier molecular flexibility index (Phi) is 5.19. The number of hydrogen-bond acceptors (Lipinski definition) is 7. The Balaban J connectivity index is 3.87. The van der Waals surface area contributed by atoms with Crippen molar-refractivity contribution in [2.45, 2.75) is 13.2 Å². The summed E-state index contributed by atoms with van der Waals surface area (Å²) in [5.41, 5.74) is 0. The monoisotopic (exact) mass is 195 g/mol. The molecule has 0 aliphatic heterocycles. The molecule has 0 aliphatic rings. The highest BCUT2D eigenvalue weighted by Crippen LogP contribution is 1.93. The average Bonchev–Trinajstić information content (AvgIpc) is 1.98. The summed E-state index contributed by atoms with van der Waals surface area (Å²) in [7, 11) is 0. The molecule has 0 spiro atoms. The number of nitrogens with zero attached hydrogens (tertiary/aromatic N) is 2. The second-order valence-electron chi connectivity index (χ2n) is 1.90. The van der Waals surface area contributed by atoms with Gasteiger partial charge in [-0.1, -0.05) is 6.92 Å². The second kappa shape index (κ2) is 5.94. The van der Waals surface area contributed by atoms with E-state index in [1.165, 1.54) is 0 Å². The van der Waals surface area contributed by atoms with Crippen LogP contribution in [-0.4, -0.2) is 29.6 Å². The van der Waals surface area contributed by atoms with Crippen molar-refractivity contribution in [2.24, 2.45) is 0 Å². The van der Waals surface area contributed by atoms with E-state index in [2.05, 4.69) is 15.0 Å². The third-order valence-corrected chi connectivity index (χ3v) is 0.968. The molecule has 9 nitrogen and oxygen atoms in total. The zero-order valence-corrected chi connectivity index (χ0v) is 6.84. The van der Waals surface area contributed by atoms with Gasteiger partial charge < -0.3 is 5.32 Å². The van der Waals surface area contributed by atoms with E-state index in [1.54, 1.807) is 6.92 Å². The predicted molar refractivity (Wildman–Crippen MR) is 38.5 cm³/mol. The highest BCUT2D eigenvalue weighted by molar-refractivity contribution is 4.44. The molecule has 1 N–H and O–H groups in total. The molecule has 0 amide bonds. The van der Waals surface area contributed by atoms with Gasteiger partial charge in [-0.3, -0.25) is 9.68 Å². The summed E-state index contributed by atoms with van der Waals surface area (Å²) in [5, 5.41) is 19.9. The maximum absolute atomic E-state index is 9.81. The SMILES string of the molecule is CCNCC(O[N+](=O)[O-])O[N+](=O)[O-]. The van der Waals surface area contributed by atoms with E-state index in [0.29, 0.717) is 6.54 Å². The molecule has 0 atom stereocenters. The van der Waals surface area contributed by atoms with Gasteiger partial charge in [0.15, 0.2) is 0 Å². The lowest BCUT2D eigenvalue weighted by Crippen LogP contribution is -2.34. The summed E-state index contributed by atoms with van der Waals surface area (Å²) in [4.78, 5) is 27.3. The lowest BCUT2D eigenvalue weighted by Gasteiger charge is -2.11. The first-order valence-electron chi connectivity index (χ1n) is 3.39. The molecule has 0 aliphatic carbocycles. The fraction of sp³-hybridized carbons (Fsp3) is 1.00. The second-order valence-corrected chi connectivity index (χ2v) is 1.90. The summed E-state index contributed by atoms with van der Waals surface area (Å²) in [6, 6.07) is 0. The highest BCUT2D eigenvalue weighted by atomic mass is 17.0. The summed E-state index contributed by atoms with van der Waals surface area (Å²) in [5.74, 6) is 0. The lowest BCUT2D eigenvalue weighted by molar-refractivity contribution is -0.850. The molecular weight excluding hydrogens is 186 g/mol. The van der Waals surface area contributed by atoms with Crippen molar-refractivity contribution in [2.75, 3.05) is 13.1 Å². The van der Waals surface area contributed by atoms with Crippen LogP contribution in [0.4, 0.5) is 0 Å². The molecule has 0 heterocycles. The Morgan fingerprint density at radius 3 is 2.08 bits per heavy atom. The minimum atomic E-state index is -1.52. The Labute approximate surface area is 72.8 Å². The van der Waals surface area contributed by atoms with Gasteiger partial charge in [-0.05, 0) is 6.54 Å². The van der Waals surface area contributed by atoms with Crippen LogP contribution in [0, 0.1) is 20.2 Å². The van der Waals surface area contributed by atoms with Gasteiger partial charge in [-0.2, -0.15) is 0 Å². The molecular formula is C4H9N3O6. The molecule has 0 unspecified atom stereocenters. The fourth-order valence-electron chi connectivity index (χ4n) is 0.548. The van der Waals surface area contributed by atoms with E-state index >= 15 is 0 Å². The largest absolute Gasteiger partial charge is 0.313 e. The highest BCUT2D eigenvalue weighted by Gasteiger charge is 2.16. The van der Waals surface area contributed by atoms with Gasteiger partial charge in [0.2, 0.25) is 0 Å². The van der Waals surface area contributed by atoms with Gasteiger partial charge in [0.25, 0.3) is 16.5 Å². The van der Waals surface area contributed by atoms with Crippen LogP contribution in [0.5, 0.6) is 0 Å². The minimum absolute atomic E-state index is 0.127. The van der Waals surface area contributed by atoms with Crippen molar-refractivity contribution in [3.63, 3.8) is 0 Å². The number of rotatable bonds is 7. The van der Waals surface area contributed by atoms with Gasteiger partial charge in [-0.25, -0.2) is 0 Å². The van der Waals surface area contributed by atoms with Gasteiger partial charge >= 0.3 is 0 Å². The topological polar surface area (TPSA) is 117 Å². The van der Waals surface area contributed by atoms with Crippen LogP contribution in [0.3, 0.4) is 0 Å². The van der Waals surface area contributed by atoms with Crippen molar-refractivity contribution in [3.05, 3.63) is 20.2 Å². The van der Waals surface area contributed by atoms with E-state index in [1.807, 2.05) is 0 Å². The van der Waals surface area contributed by atoms with Gasteiger partial charge in [0.1, 0.15) is 0 Å². The zero-order valence-electron chi connectivity index (χ0n) is 6.84. The van der Waals surface area contributed by atoms with Crippen molar-refractivity contribution < 1.29 is 19.8 Å². The number of likely N-dealkylation sites (N-methyl/N-ethyl adjacent to an activating group) is 1. The van der Waals surface area contributed by atoms with Crippen molar-refractivity contribution in [1.82, 2.24) is 5.32 Å². The van der Waals surface area contributed by atoms with Gasteiger partial charge in [0.05, 0.1) is 0 Å². The Morgan fingerprint density at radius 1 is 1.31 bits per heavy atom. The Morgan fingerprint density at radius 2 is 1.77 bits per heavy atom. The van der Waals surface area contributed by atoms with Crippen molar-refractivity contribution in [3.8, 4) is 0 Å². The molecule has 0 aromatic carbocycles. The Hall–Kier alpha value is -1.64. The van der Waals surface area contributed by atoms with Crippen LogP contribution in [0.15, 0.2) is 0 Å². The molecule has 0 aromatic rings. The van der Waals surface area contributed by atoms with Crippen LogP contribution >= 0.6 is 0 Å². The van der Waals surface area contributed by atoms with Crippen molar-refractivity contribution >= 4 is 0 Å². The maximum atomic E-state index is 9.81. The summed E-state index contributed by atoms with van der Waals surface area (Å²) < 4.78 is 0. The van der Waals surface area contributed by atoms with E-state index in [9.17, 15) is 20.2 Å². The molecule has 0 saturated carbocycles. The average molecular weight is 195 g/mol. The number of hydrogen-bond donors (Lipinski definition) is 1. The van der Waals surface area contributed by atoms with Crippen LogP contribution in [0.1, 0.15) is 6.92 Å². The summed E-state index contributed by atoms with van der Waals surface area (Å²) in [6.07, 6.45) is -1.52. The van der Waals surface area contributed by atoms with Crippen LogP contribution in [0.25, 0.3) is 0 Å². The molecule has 0 aromatic heterocycles. The summed E-state index contributed by atoms with van der Waals surface area (Å²) >= 11 is 0. The number of nitrogens with one attached hydrogen (secondary N) is 1. The molecule has 0 fully saturated rings. The molecule has 0 bridgehead atoms. The third-order valence-electron chi connectivity index (χ3n) is 0.968. The normalized spacial score (nSPS) is 9.69. The summed E-state index contributed by atoms with van der Waals surface area (Å²) in [6.45, 7) is 2.10. The van der Waals surface area contributed by atoms with Gasteiger partial charge in [0, 0.05) is 6.54 Å². The molecule has 0 rings (SSSR count). The molecule has 0 saturated heterocycles. The van der Waals surface area contributed by atoms with Gasteiger partial charge in [-0.15, -0.1) is 20.2 Å². The smallest absolute Gasteiger partial charge is 0.296 e. The first kappa shape index (κ1) is 11.4. The van der Waals surface area contributed by atoms with E-state index in [0.717, 1.165) is 0 Å². The lowest BCUT2D eigenvalue weighted by atomic mass is 10.6. The molecule has 9 heteroatoms. The first-order valence-corrected chi connectivity index (χ1v) is 3.39. The predicted octanol–water partition coefficient (Wildman–Crippen LogP) is -0.661. The minimum Gasteiger partial charge on any atom is -0.313 e. The zero-order chi connectivity index (χ0) is 10.3. The van der Waals surface area contributed by atoms with E-state index < -0.39 is 16.5 Å². The third kappa shape index (κ3) is 6.75. The molecule has 76 valence electrons.